The molecule has 3 rings (SSSR count). The van der Waals surface area contributed by atoms with E-state index in [0.29, 0.717) is 0 Å². The fourth-order valence-electron chi connectivity index (χ4n) is 3.94. The molecular weight excluding hydrogens is 474 g/mol. The van der Waals surface area contributed by atoms with Gasteiger partial charge in [0.15, 0.2) is 0 Å². The molecule has 1 unspecified atom stereocenters. The standard InChI is InChI=1S/C28H35N3O4S/c1-20-10-9-11-22(16-20)18-31(21(2)27(33)29-28(3,4)5)26(32)19-30(6)36(34,35)25-15-14-23-12-7-8-13-24(23)17-25/h7-17,21H,18-19H2,1-6H3,(H,29,33). The number of rotatable bonds is 8. The third-order valence-electron chi connectivity index (χ3n) is 5.89. The Morgan fingerprint density at radius 1 is 0.944 bits per heavy atom. The van der Waals surface area contributed by atoms with Gasteiger partial charge in [-0.3, -0.25) is 9.59 Å². The number of carbonyl (C=O) groups excluding carboxylic acids is 2. The minimum absolute atomic E-state index is 0.111. The van der Waals surface area contributed by atoms with E-state index in [1.807, 2.05) is 76.2 Å². The van der Waals surface area contributed by atoms with Crippen molar-refractivity contribution >= 4 is 32.6 Å². The van der Waals surface area contributed by atoms with Crippen molar-refractivity contribution in [3.8, 4) is 0 Å². The Morgan fingerprint density at radius 3 is 2.25 bits per heavy atom. The molecule has 36 heavy (non-hydrogen) atoms. The average molecular weight is 510 g/mol. The summed E-state index contributed by atoms with van der Waals surface area (Å²) >= 11 is 0. The first-order chi connectivity index (χ1) is 16.8. The van der Waals surface area contributed by atoms with Crippen LogP contribution in [0.2, 0.25) is 0 Å². The molecule has 1 N–H and O–H groups in total. The smallest absolute Gasteiger partial charge is 0.243 e. The zero-order valence-corrected chi connectivity index (χ0v) is 22.6. The van der Waals surface area contributed by atoms with Crippen molar-refractivity contribution in [2.45, 2.75) is 57.6 Å². The molecule has 3 aromatic rings. The van der Waals surface area contributed by atoms with Crippen LogP contribution in [-0.2, 0) is 26.2 Å². The molecule has 0 aliphatic heterocycles. The number of hydrogen-bond acceptors (Lipinski definition) is 4. The molecule has 0 spiro atoms. The molecule has 0 aliphatic rings. The van der Waals surface area contributed by atoms with Crippen molar-refractivity contribution in [3.05, 3.63) is 77.9 Å². The Bertz CT molecular complexity index is 1360. The molecule has 2 amide bonds. The first-order valence-electron chi connectivity index (χ1n) is 11.9. The van der Waals surface area contributed by atoms with Gasteiger partial charge in [-0.05, 0) is 63.1 Å². The van der Waals surface area contributed by atoms with Crippen LogP contribution in [-0.4, -0.2) is 54.6 Å². The second-order valence-corrected chi connectivity index (χ2v) is 12.2. The summed E-state index contributed by atoms with van der Waals surface area (Å²) in [6.07, 6.45) is 0. The van der Waals surface area contributed by atoms with Crippen molar-refractivity contribution in [2.24, 2.45) is 0 Å². The van der Waals surface area contributed by atoms with Crippen LogP contribution in [0.5, 0.6) is 0 Å². The van der Waals surface area contributed by atoms with E-state index in [1.165, 1.54) is 11.9 Å². The quantitative estimate of drug-likeness (QED) is 0.495. The topological polar surface area (TPSA) is 86.8 Å². The van der Waals surface area contributed by atoms with Crippen LogP contribution in [0, 0.1) is 6.92 Å². The van der Waals surface area contributed by atoms with Crippen LogP contribution in [0.3, 0.4) is 0 Å². The molecule has 0 aliphatic carbocycles. The van der Waals surface area contributed by atoms with E-state index in [0.717, 1.165) is 26.2 Å². The molecule has 192 valence electrons. The van der Waals surface area contributed by atoms with Crippen LogP contribution in [0.4, 0.5) is 0 Å². The van der Waals surface area contributed by atoms with E-state index in [1.54, 1.807) is 25.1 Å². The number of hydrogen-bond donors (Lipinski definition) is 1. The van der Waals surface area contributed by atoms with E-state index >= 15 is 0 Å². The number of nitrogens with zero attached hydrogens (tertiary/aromatic N) is 2. The first kappa shape index (κ1) is 27.4. The lowest BCUT2D eigenvalue weighted by atomic mass is 10.1. The average Bonchev–Trinajstić information content (AvgIpc) is 2.80. The molecule has 0 saturated heterocycles. The lowest BCUT2D eigenvalue weighted by Crippen LogP contribution is -2.54. The number of fused-ring (bicyclic) bond motifs is 1. The highest BCUT2D eigenvalue weighted by Gasteiger charge is 2.31. The van der Waals surface area contributed by atoms with Gasteiger partial charge in [0.25, 0.3) is 0 Å². The predicted octanol–water partition coefficient (Wildman–Crippen LogP) is 4.10. The zero-order valence-electron chi connectivity index (χ0n) is 21.8. The summed E-state index contributed by atoms with van der Waals surface area (Å²) in [7, 11) is -2.55. The van der Waals surface area contributed by atoms with E-state index in [4.69, 9.17) is 0 Å². The largest absolute Gasteiger partial charge is 0.350 e. The summed E-state index contributed by atoms with van der Waals surface area (Å²) in [5.41, 5.74) is 1.42. The molecule has 0 bridgehead atoms. The molecule has 7 nitrogen and oxygen atoms in total. The summed E-state index contributed by atoms with van der Waals surface area (Å²) in [4.78, 5) is 28.0. The van der Waals surface area contributed by atoms with Crippen LogP contribution in [0.1, 0.15) is 38.8 Å². The second-order valence-electron chi connectivity index (χ2n) is 10.2. The maximum atomic E-state index is 13.5. The monoisotopic (exact) mass is 509 g/mol. The number of carbonyl (C=O) groups is 2. The molecule has 0 aromatic heterocycles. The highest BCUT2D eigenvalue weighted by molar-refractivity contribution is 7.89. The fourth-order valence-corrected chi connectivity index (χ4v) is 5.09. The molecule has 0 radical (unpaired) electrons. The van der Waals surface area contributed by atoms with Crippen LogP contribution in [0.25, 0.3) is 10.8 Å². The molecule has 3 aromatic carbocycles. The van der Waals surface area contributed by atoms with Gasteiger partial charge in [0.1, 0.15) is 6.04 Å². The summed E-state index contributed by atoms with van der Waals surface area (Å²) in [6.45, 7) is 9.01. The summed E-state index contributed by atoms with van der Waals surface area (Å²) in [5, 5.41) is 4.64. The summed E-state index contributed by atoms with van der Waals surface area (Å²) < 4.78 is 27.6. The number of amides is 2. The summed E-state index contributed by atoms with van der Waals surface area (Å²) in [6, 6.07) is 19.3. The summed E-state index contributed by atoms with van der Waals surface area (Å²) in [5.74, 6) is -0.761. The first-order valence-corrected chi connectivity index (χ1v) is 13.3. The van der Waals surface area contributed by atoms with Crippen molar-refractivity contribution in [1.29, 1.82) is 0 Å². The van der Waals surface area contributed by atoms with Gasteiger partial charge in [-0.2, -0.15) is 4.31 Å². The fraction of sp³-hybridized carbons (Fsp3) is 0.357. The Kier molecular flexibility index (Phi) is 8.21. The van der Waals surface area contributed by atoms with Gasteiger partial charge < -0.3 is 10.2 Å². The van der Waals surface area contributed by atoms with Crippen molar-refractivity contribution in [2.75, 3.05) is 13.6 Å². The van der Waals surface area contributed by atoms with Gasteiger partial charge in [-0.25, -0.2) is 8.42 Å². The number of likely N-dealkylation sites (N-methyl/N-ethyl adjacent to an activating group) is 1. The van der Waals surface area contributed by atoms with E-state index < -0.39 is 34.1 Å². The van der Waals surface area contributed by atoms with Crippen molar-refractivity contribution in [1.82, 2.24) is 14.5 Å². The normalized spacial score (nSPS) is 13.0. The maximum Gasteiger partial charge on any atom is 0.243 e. The Hall–Kier alpha value is -3.23. The van der Waals surface area contributed by atoms with Crippen LogP contribution in [0.15, 0.2) is 71.6 Å². The lowest BCUT2D eigenvalue weighted by molar-refractivity contribution is -0.141. The molecular formula is C28H35N3O4S. The molecule has 0 saturated carbocycles. The lowest BCUT2D eigenvalue weighted by Gasteiger charge is -2.32. The number of aryl methyl sites for hydroxylation is 1. The van der Waals surface area contributed by atoms with Crippen molar-refractivity contribution < 1.29 is 18.0 Å². The third kappa shape index (κ3) is 6.71. The minimum atomic E-state index is -3.93. The van der Waals surface area contributed by atoms with Gasteiger partial charge in [-0.1, -0.05) is 60.2 Å². The van der Waals surface area contributed by atoms with Gasteiger partial charge in [0.05, 0.1) is 11.4 Å². The Labute approximate surface area is 214 Å². The molecule has 1 atom stereocenters. The number of benzene rings is 3. The number of nitrogens with one attached hydrogen (secondary N) is 1. The van der Waals surface area contributed by atoms with Gasteiger partial charge in [0.2, 0.25) is 21.8 Å². The second kappa shape index (κ2) is 10.8. The predicted molar refractivity (Wildman–Crippen MR) is 143 cm³/mol. The van der Waals surface area contributed by atoms with E-state index in [-0.39, 0.29) is 17.3 Å². The SMILES string of the molecule is Cc1cccc(CN(C(=O)CN(C)S(=O)(=O)c2ccc3ccccc3c2)C(C)C(=O)NC(C)(C)C)c1. The van der Waals surface area contributed by atoms with Gasteiger partial charge >= 0.3 is 0 Å². The molecule has 0 heterocycles. The molecule has 8 heteroatoms. The highest BCUT2D eigenvalue weighted by Crippen LogP contribution is 2.22. The third-order valence-corrected chi connectivity index (χ3v) is 7.69. The Balaban J connectivity index is 1.86. The van der Waals surface area contributed by atoms with Gasteiger partial charge in [0, 0.05) is 19.1 Å². The van der Waals surface area contributed by atoms with Crippen LogP contribution >= 0.6 is 0 Å². The highest BCUT2D eigenvalue weighted by atomic mass is 32.2. The number of sulfonamides is 1. The van der Waals surface area contributed by atoms with E-state index in [9.17, 15) is 18.0 Å². The Morgan fingerprint density at radius 2 is 1.61 bits per heavy atom. The van der Waals surface area contributed by atoms with Gasteiger partial charge in [-0.15, -0.1) is 0 Å². The van der Waals surface area contributed by atoms with Crippen LogP contribution < -0.4 is 5.32 Å². The molecule has 0 fully saturated rings. The zero-order chi connectivity index (χ0) is 26.7. The minimum Gasteiger partial charge on any atom is -0.350 e. The maximum absolute atomic E-state index is 13.5. The van der Waals surface area contributed by atoms with E-state index in [2.05, 4.69) is 5.32 Å². The van der Waals surface area contributed by atoms with Crippen molar-refractivity contribution in [3.63, 3.8) is 0 Å².